The minimum Gasteiger partial charge on any atom is -0.379 e. The molecule has 0 N–H and O–H groups in total. The molecule has 3 aromatic rings. The van der Waals surface area contributed by atoms with Gasteiger partial charge in [0, 0.05) is 25.7 Å². The van der Waals surface area contributed by atoms with E-state index in [-0.39, 0.29) is 30.4 Å². The third-order valence-corrected chi connectivity index (χ3v) is 7.18. The topological polar surface area (TPSA) is 50.6 Å². The van der Waals surface area contributed by atoms with E-state index in [2.05, 4.69) is 9.88 Å². The lowest BCUT2D eigenvalue weighted by atomic mass is 9.95. The van der Waals surface area contributed by atoms with Crippen molar-refractivity contribution in [1.82, 2.24) is 19.4 Å². The van der Waals surface area contributed by atoms with Crippen molar-refractivity contribution < 1.29 is 18.3 Å². The van der Waals surface area contributed by atoms with Gasteiger partial charge in [-0.05, 0) is 42.2 Å². The van der Waals surface area contributed by atoms with Crippen LogP contribution in [-0.4, -0.2) is 76.9 Å². The lowest BCUT2D eigenvalue weighted by Gasteiger charge is -2.42. The van der Waals surface area contributed by atoms with Crippen molar-refractivity contribution in [2.24, 2.45) is 0 Å². The molecule has 184 valence electrons. The van der Waals surface area contributed by atoms with E-state index in [0.717, 1.165) is 29.8 Å². The van der Waals surface area contributed by atoms with Crippen LogP contribution >= 0.6 is 0 Å². The molecule has 1 amide bonds. The molecule has 5 rings (SSSR count). The number of imidazole rings is 1. The Balaban J connectivity index is 1.35. The van der Waals surface area contributed by atoms with Crippen molar-refractivity contribution in [1.29, 1.82) is 0 Å². The van der Waals surface area contributed by atoms with Crippen LogP contribution in [0.5, 0.6) is 0 Å². The normalized spacial score (nSPS) is 22.2. The molecule has 35 heavy (non-hydrogen) atoms. The van der Waals surface area contributed by atoms with Gasteiger partial charge >= 0.3 is 0 Å². The predicted molar refractivity (Wildman–Crippen MR) is 129 cm³/mol. The fourth-order valence-corrected chi connectivity index (χ4v) is 5.24. The number of rotatable bonds is 5. The number of halogens is 2. The fraction of sp³-hybridized carbons (Fsp3) is 0.407. The van der Waals surface area contributed by atoms with Crippen molar-refractivity contribution in [3.63, 3.8) is 0 Å². The molecule has 0 unspecified atom stereocenters. The number of carbonyl (C=O) groups excluding carboxylic acids is 1. The van der Waals surface area contributed by atoms with Gasteiger partial charge in [-0.3, -0.25) is 9.69 Å². The van der Waals surface area contributed by atoms with Crippen LogP contribution in [0.3, 0.4) is 0 Å². The summed E-state index contributed by atoms with van der Waals surface area (Å²) in [5.41, 5.74) is 3.28. The number of hydrogen-bond acceptors (Lipinski definition) is 4. The number of carbonyl (C=O) groups is 1. The van der Waals surface area contributed by atoms with Gasteiger partial charge in [-0.25, -0.2) is 13.8 Å². The molecular formula is C27H30F2N4O2. The highest BCUT2D eigenvalue weighted by Gasteiger charge is 2.36. The van der Waals surface area contributed by atoms with Gasteiger partial charge in [0.1, 0.15) is 17.7 Å². The highest BCUT2D eigenvalue weighted by atomic mass is 19.1. The van der Waals surface area contributed by atoms with Crippen LogP contribution in [0.1, 0.15) is 35.4 Å². The Kier molecular flexibility index (Phi) is 6.92. The summed E-state index contributed by atoms with van der Waals surface area (Å²) in [6.45, 7) is 5.31. The third-order valence-electron chi connectivity index (χ3n) is 7.18. The Morgan fingerprint density at radius 2 is 1.83 bits per heavy atom. The van der Waals surface area contributed by atoms with Crippen LogP contribution in [0.25, 0.3) is 11.1 Å². The molecule has 6 nitrogen and oxygen atoms in total. The minimum atomic E-state index is -1.10. The monoisotopic (exact) mass is 480 g/mol. The first-order valence-electron chi connectivity index (χ1n) is 12.1. The highest BCUT2D eigenvalue weighted by Crippen LogP contribution is 2.31. The first kappa shape index (κ1) is 23.6. The number of ether oxygens (including phenoxy) is 1. The Hall–Kier alpha value is -3.10. The molecule has 0 bridgehead atoms. The van der Waals surface area contributed by atoms with Gasteiger partial charge in [0.25, 0.3) is 5.91 Å². The summed E-state index contributed by atoms with van der Waals surface area (Å²) in [6, 6.07) is 13.9. The maximum Gasteiger partial charge on any atom is 0.272 e. The van der Waals surface area contributed by atoms with Crippen LogP contribution < -0.4 is 0 Å². The summed E-state index contributed by atoms with van der Waals surface area (Å²) in [4.78, 5) is 21.5. The Morgan fingerprint density at radius 3 is 2.57 bits per heavy atom. The molecule has 0 radical (unpaired) electrons. The molecule has 2 aromatic carbocycles. The zero-order valence-electron chi connectivity index (χ0n) is 19.8. The number of piperidine rings is 1. The lowest BCUT2D eigenvalue weighted by Crippen LogP contribution is -2.56. The molecule has 2 fully saturated rings. The average molecular weight is 481 g/mol. The number of amides is 1. The number of aromatic nitrogens is 2. The number of hydrogen-bond donors (Lipinski definition) is 0. The second-order valence-electron chi connectivity index (χ2n) is 9.23. The van der Waals surface area contributed by atoms with E-state index in [1.807, 2.05) is 35.8 Å². The van der Waals surface area contributed by atoms with Crippen molar-refractivity contribution >= 4 is 5.91 Å². The maximum absolute atomic E-state index is 15.2. The molecule has 0 aliphatic carbocycles. The van der Waals surface area contributed by atoms with Gasteiger partial charge in [-0.15, -0.1) is 0 Å². The summed E-state index contributed by atoms with van der Waals surface area (Å²) in [5, 5.41) is 0. The van der Waals surface area contributed by atoms with Gasteiger partial charge in [-0.1, -0.05) is 36.4 Å². The highest BCUT2D eigenvalue weighted by molar-refractivity contribution is 5.92. The van der Waals surface area contributed by atoms with Gasteiger partial charge in [0.2, 0.25) is 0 Å². The van der Waals surface area contributed by atoms with Crippen LogP contribution in [-0.2, 0) is 4.74 Å². The number of morpholine rings is 1. The molecule has 3 atom stereocenters. The zero-order chi connectivity index (χ0) is 24.4. The summed E-state index contributed by atoms with van der Waals surface area (Å²) >= 11 is 0. The van der Waals surface area contributed by atoms with Gasteiger partial charge < -0.3 is 14.2 Å². The van der Waals surface area contributed by atoms with Crippen molar-refractivity contribution in [3.8, 4) is 11.1 Å². The summed E-state index contributed by atoms with van der Waals surface area (Å²) in [6.07, 6.45) is 2.70. The van der Waals surface area contributed by atoms with Gasteiger partial charge in [0.15, 0.2) is 0 Å². The SMILES string of the molecule is C[C@@H](c1ccccc1-c1ccc(F)cc1)n1cncc1C(=O)N1CC[C@@H](N2CCOCC2)[C@@H](F)C1. The quantitative estimate of drug-likeness (QED) is 0.550. The van der Waals surface area contributed by atoms with Crippen LogP contribution in [0.15, 0.2) is 61.1 Å². The summed E-state index contributed by atoms with van der Waals surface area (Å²) < 4.78 is 35.9. The first-order valence-corrected chi connectivity index (χ1v) is 12.1. The minimum absolute atomic E-state index is 0.0760. The smallest absolute Gasteiger partial charge is 0.272 e. The van der Waals surface area contributed by atoms with Crippen LogP contribution in [0, 0.1) is 5.82 Å². The number of nitrogens with zero attached hydrogens (tertiary/aromatic N) is 4. The van der Waals surface area contributed by atoms with E-state index in [4.69, 9.17) is 4.74 Å². The largest absolute Gasteiger partial charge is 0.379 e. The number of likely N-dealkylation sites (tertiary alicyclic amines) is 1. The lowest BCUT2D eigenvalue weighted by molar-refractivity contribution is -0.0249. The summed E-state index contributed by atoms with van der Waals surface area (Å²) in [5.74, 6) is -0.498. The zero-order valence-corrected chi connectivity index (χ0v) is 19.8. The predicted octanol–water partition coefficient (Wildman–Crippen LogP) is 4.18. The molecule has 0 saturated carbocycles. The van der Waals surface area contributed by atoms with Crippen molar-refractivity contribution in [2.45, 2.75) is 31.6 Å². The fourth-order valence-electron chi connectivity index (χ4n) is 5.24. The van der Waals surface area contributed by atoms with E-state index in [9.17, 15) is 9.18 Å². The van der Waals surface area contributed by atoms with Crippen LogP contribution in [0.2, 0.25) is 0 Å². The number of alkyl halides is 1. The second kappa shape index (κ2) is 10.3. The second-order valence-corrected chi connectivity index (χ2v) is 9.23. The van der Waals surface area contributed by atoms with Crippen molar-refractivity contribution in [3.05, 3.63) is 78.1 Å². The maximum atomic E-state index is 15.2. The Bertz CT molecular complexity index is 1160. The van der Waals surface area contributed by atoms with E-state index in [0.29, 0.717) is 31.9 Å². The molecular weight excluding hydrogens is 450 g/mol. The summed E-state index contributed by atoms with van der Waals surface area (Å²) in [7, 11) is 0. The molecule has 1 aromatic heterocycles. The Labute approximate surface area is 204 Å². The molecule has 2 aliphatic rings. The average Bonchev–Trinajstić information content (AvgIpc) is 3.39. The van der Waals surface area contributed by atoms with Gasteiger partial charge in [0.05, 0.1) is 38.3 Å². The molecule has 8 heteroatoms. The van der Waals surface area contributed by atoms with E-state index in [1.165, 1.54) is 12.1 Å². The molecule has 2 saturated heterocycles. The van der Waals surface area contributed by atoms with E-state index >= 15 is 4.39 Å². The van der Waals surface area contributed by atoms with E-state index in [1.54, 1.807) is 29.6 Å². The van der Waals surface area contributed by atoms with Crippen molar-refractivity contribution in [2.75, 3.05) is 39.4 Å². The molecule has 0 spiro atoms. The standard InChI is InChI=1S/C27H30F2N4O2/c1-19(22-4-2-3-5-23(22)20-6-8-21(28)9-7-20)33-18-30-16-26(33)27(34)32-11-10-25(24(29)17-32)31-12-14-35-15-13-31/h2-9,16,18-19,24-25H,10-15,17H2,1H3/t19-,24-,25+/m0/s1. The molecule has 2 aliphatic heterocycles. The van der Waals surface area contributed by atoms with E-state index < -0.39 is 6.17 Å². The van der Waals surface area contributed by atoms with Gasteiger partial charge in [-0.2, -0.15) is 0 Å². The third kappa shape index (κ3) is 4.86. The number of benzene rings is 2. The van der Waals surface area contributed by atoms with Crippen LogP contribution in [0.4, 0.5) is 8.78 Å². The molecule has 3 heterocycles. The first-order chi connectivity index (χ1) is 17.0. The Morgan fingerprint density at radius 1 is 1.09 bits per heavy atom.